The molecule has 0 bridgehead atoms. The molecule has 0 aliphatic rings. The number of aromatic nitrogens is 2. The summed E-state index contributed by atoms with van der Waals surface area (Å²) in [4.78, 5) is 8.89. The lowest BCUT2D eigenvalue weighted by atomic mass is 9.99. The highest BCUT2D eigenvalue weighted by Crippen LogP contribution is 2.14. The fourth-order valence-electron chi connectivity index (χ4n) is 2.45. The number of allylic oxidation sites excluding steroid dienone is 1. The monoisotopic (exact) mass is 295 g/mol. The summed E-state index contributed by atoms with van der Waals surface area (Å²) in [5, 5.41) is 3.47. The maximum Gasteiger partial charge on any atom is 0.159 e. The van der Waals surface area contributed by atoms with Gasteiger partial charge in [-0.05, 0) is 25.3 Å². The summed E-state index contributed by atoms with van der Waals surface area (Å²) in [6, 6.07) is 10.1. The molecule has 1 unspecified atom stereocenters. The molecule has 0 radical (unpaired) electrons. The van der Waals surface area contributed by atoms with Crippen molar-refractivity contribution < 1.29 is 0 Å². The summed E-state index contributed by atoms with van der Waals surface area (Å²) in [6.07, 6.45) is 9.33. The number of nitrogens with zero attached hydrogens (tertiary/aromatic N) is 2. The summed E-state index contributed by atoms with van der Waals surface area (Å²) in [7, 11) is 0. The fourth-order valence-corrected chi connectivity index (χ4v) is 2.45. The molecule has 0 amide bonds. The lowest BCUT2D eigenvalue weighted by Crippen LogP contribution is -2.17. The van der Waals surface area contributed by atoms with Gasteiger partial charge in [0.15, 0.2) is 5.82 Å². The van der Waals surface area contributed by atoms with E-state index in [-0.39, 0.29) is 0 Å². The van der Waals surface area contributed by atoms with Crippen LogP contribution in [0.5, 0.6) is 0 Å². The smallest absolute Gasteiger partial charge is 0.159 e. The van der Waals surface area contributed by atoms with E-state index in [2.05, 4.69) is 28.8 Å². The second-order valence-corrected chi connectivity index (χ2v) is 5.55. The topological polar surface area (TPSA) is 37.8 Å². The van der Waals surface area contributed by atoms with E-state index in [0.29, 0.717) is 0 Å². The SMILES string of the molecule is C=CCC(CC)CCNCc1cnc(-c2ccccc2)nc1. The van der Waals surface area contributed by atoms with Gasteiger partial charge < -0.3 is 5.32 Å². The van der Waals surface area contributed by atoms with Crippen LogP contribution in [0.3, 0.4) is 0 Å². The van der Waals surface area contributed by atoms with Gasteiger partial charge in [0.25, 0.3) is 0 Å². The molecule has 1 heterocycles. The zero-order chi connectivity index (χ0) is 15.6. The second-order valence-electron chi connectivity index (χ2n) is 5.55. The Morgan fingerprint density at radius 1 is 1.18 bits per heavy atom. The average Bonchev–Trinajstić information content (AvgIpc) is 2.59. The van der Waals surface area contributed by atoms with Crippen molar-refractivity contribution in [3.63, 3.8) is 0 Å². The molecule has 2 rings (SSSR count). The third kappa shape index (κ3) is 5.08. The third-order valence-corrected chi connectivity index (χ3v) is 3.87. The minimum atomic E-state index is 0.738. The Morgan fingerprint density at radius 3 is 2.55 bits per heavy atom. The Balaban J connectivity index is 1.78. The van der Waals surface area contributed by atoms with E-state index < -0.39 is 0 Å². The van der Waals surface area contributed by atoms with Gasteiger partial charge in [0.1, 0.15) is 0 Å². The van der Waals surface area contributed by atoms with Crippen LogP contribution in [0.4, 0.5) is 0 Å². The van der Waals surface area contributed by atoms with E-state index in [1.54, 1.807) is 0 Å². The number of hydrogen-bond donors (Lipinski definition) is 1. The molecule has 0 aliphatic heterocycles. The van der Waals surface area contributed by atoms with E-state index in [9.17, 15) is 0 Å². The molecule has 3 heteroatoms. The van der Waals surface area contributed by atoms with Gasteiger partial charge in [-0.15, -0.1) is 6.58 Å². The van der Waals surface area contributed by atoms with Crippen LogP contribution in [0.25, 0.3) is 11.4 Å². The summed E-state index contributed by atoms with van der Waals surface area (Å²) in [6.45, 7) is 7.90. The molecule has 0 aliphatic carbocycles. The lowest BCUT2D eigenvalue weighted by Gasteiger charge is -2.12. The Kier molecular flexibility index (Phi) is 6.78. The molecule has 0 saturated heterocycles. The van der Waals surface area contributed by atoms with Gasteiger partial charge in [-0.2, -0.15) is 0 Å². The number of benzene rings is 1. The van der Waals surface area contributed by atoms with Crippen LogP contribution in [-0.2, 0) is 6.54 Å². The highest BCUT2D eigenvalue weighted by molar-refractivity contribution is 5.53. The Morgan fingerprint density at radius 2 is 1.91 bits per heavy atom. The van der Waals surface area contributed by atoms with Gasteiger partial charge in [0.05, 0.1) is 0 Å². The fraction of sp³-hybridized carbons (Fsp3) is 0.368. The Labute approximate surface area is 133 Å². The molecule has 1 aromatic carbocycles. The van der Waals surface area contributed by atoms with Gasteiger partial charge in [0, 0.05) is 30.1 Å². The van der Waals surface area contributed by atoms with Crippen molar-refractivity contribution in [1.29, 1.82) is 0 Å². The van der Waals surface area contributed by atoms with E-state index >= 15 is 0 Å². The molecule has 22 heavy (non-hydrogen) atoms. The standard InChI is InChI=1S/C19H25N3/c1-3-8-16(4-2)11-12-20-13-17-14-21-19(22-15-17)18-9-6-5-7-10-18/h3,5-7,9-10,14-16,20H,1,4,8,11-13H2,2H3. The van der Waals surface area contributed by atoms with Gasteiger partial charge in [0.2, 0.25) is 0 Å². The Hall–Kier alpha value is -2.00. The second kappa shape index (κ2) is 9.11. The number of rotatable bonds is 9. The zero-order valence-electron chi connectivity index (χ0n) is 13.3. The van der Waals surface area contributed by atoms with Crippen molar-refractivity contribution in [2.75, 3.05) is 6.54 Å². The largest absolute Gasteiger partial charge is 0.313 e. The van der Waals surface area contributed by atoms with Gasteiger partial charge >= 0.3 is 0 Å². The van der Waals surface area contributed by atoms with Crippen LogP contribution in [0.2, 0.25) is 0 Å². The quantitative estimate of drug-likeness (QED) is 0.556. The molecule has 0 fully saturated rings. The van der Waals surface area contributed by atoms with E-state index in [1.807, 2.05) is 48.8 Å². The normalized spacial score (nSPS) is 12.0. The highest BCUT2D eigenvalue weighted by Gasteiger charge is 2.04. The average molecular weight is 295 g/mol. The first-order valence-corrected chi connectivity index (χ1v) is 8.01. The van der Waals surface area contributed by atoms with Gasteiger partial charge in [-0.25, -0.2) is 9.97 Å². The Bertz CT molecular complexity index is 549. The van der Waals surface area contributed by atoms with Crippen molar-refractivity contribution in [2.45, 2.75) is 32.7 Å². The highest BCUT2D eigenvalue weighted by atomic mass is 14.9. The van der Waals surface area contributed by atoms with Crippen molar-refractivity contribution in [2.24, 2.45) is 5.92 Å². The zero-order valence-corrected chi connectivity index (χ0v) is 13.3. The molecule has 116 valence electrons. The van der Waals surface area contributed by atoms with Gasteiger partial charge in [-0.1, -0.05) is 49.8 Å². The first kappa shape index (κ1) is 16.4. The van der Waals surface area contributed by atoms with Crippen molar-refractivity contribution in [3.05, 3.63) is 60.9 Å². The minimum Gasteiger partial charge on any atom is -0.313 e. The van der Waals surface area contributed by atoms with Crippen LogP contribution in [0, 0.1) is 5.92 Å². The molecule has 1 N–H and O–H groups in total. The summed E-state index contributed by atoms with van der Waals surface area (Å²) >= 11 is 0. The molecule has 1 atom stereocenters. The first-order chi connectivity index (χ1) is 10.8. The first-order valence-electron chi connectivity index (χ1n) is 8.01. The number of hydrogen-bond acceptors (Lipinski definition) is 3. The minimum absolute atomic E-state index is 0.738. The predicted octanol–water partition coefficient (Wildman–Crippen LogP) is 4.23. The van der Waals surface area contributed by atoms with Crippen LogP contribution in [0.1, 0.15) is 31.7 Å². The summed E-state index contributed by atoms with van der Waals surface area (Å²) in [5.74, 6) is 1.52. The van der Waals surface area contributed by atoms with Crippen molar-refractivity contribution >= 4 is 0 Å². The molecule has 1 aromatic heterocycles. The van der Waals surface area contributed by atoms with Crippen molar-refractivity contribution in [3.8, 4) is 11.4 Å². The lowest BCUT2D eigenvalue weighted by molar-refractivity contribution is 0.455. The van der Waals surface area contributed by atoms with E-state index in [4.69, 9.17) is 0 Å². The van der Waals surface area contributed by atoms with Crippen LogP contribution in [0.15, 0.2) is 55.4 Å². The summed E-state index contributed by atoms with van der Waals surface area (Å²) < 4.78 is 0. The third-order valence-electron chi connectivity index (χ3n) is 3.87. The maximum atomic E-state index is 4.44. The molecule has 0 spiro atoms. The van der Waals surface area contributed by atoms with Crippen LogP contribution >= 0.6 is 0 Å². The van der Waals surface area contributed by atoms with Crippen LogP contribution in [-0.4, -0.2) is 16.5 Å². The predicted molar refractivity (Wildman–Crippen MR) is 92.4 cm³/mol. The molecular formula is C19H25N3. The van der Waals surface area contributed by atoms with Crippen molar-refractivity contribution in [1.82, 2.24) is 15.3 Å². The molecule has 3 nitrogen and oxygen atoms in total. The molecule has 0 saturated carbocycles. The van der Waals surface area contributed by atoms with E-state index in [0.717, 1.165) is 42.4 Å². The van der Waals surface area contributed by atoms with E-state index in [1.165, 1.54) is 12.8 Å². The summed E-state index contributed by atoms with van der Waals surface area (Å²) in [5.41, 5.74) is 2.17. The van der Waals surface area contributed by atoms with Gasteiger partial charge in [-0.3, -0.25) is 0 Å². The molecular weight excluding hydrogens is 270 g/mol. The van der Waals surface area contributed by atoms with Crippen LogP contribution < -0.4 is 5.32 Å². The maximum absolute atomic E-state index is 4.44. The molecule has 2 aromatic rings. The number of nitrogens with one attached hydrogen (secondary N) is 1.